The summed E-state index contributed by atoms with van der Waals surface area (Å²) in [7, 11) is 0. The zero-order valence-corrected chi connectivity index (χ0v) is 41.5. The van der Waals surface area contributed by atoms with Crippen LogP contribution in [0.3, 0.4) is 0 Å². The van der Waals surface area contributed by atoms with Gasteiger partial charge in [0.15, 0.2) is 5.78 Å². The van der Waals surface area contributed by atoms with Crippen molar-refractivity contribution in [3.8, 4) is 55.9 Å². The molecule has 0 aliphatic rings. The molecule has 0 spiro atoms. The lowest BCUT2D eigenvalue weighted by Gasteiger charge is -2.07. The number of Topliss-reactive ketones (excluding diaryl/α,β-unsaturated/α-hetero) is 1. The van der Waals surface area contributed by atoms with Crippen LogP contribution in [0.25, 0.3) is 55.9 Å². The number of carbonyl (C=O) groups is 3. The Hall–Kier alpha value is -6.75. The van der Waals surface area contributed by atoms with Gasteiger partial charge in [0.25, 0.3) is 0 Å². The molecule has 0 saturated carbocycles. The van der Waals surface area contributed by atoms with Gasteiger partial charge in [-0.05, 0) is 83.6 Å². The number of alkyl halides is 4. The summed E-state index contributed by atoms with van der Waals surface area (Å²) in [5.74, 6) is -1.46. The van der Waals surface area contributed by atoms with E-state index in [0.29, 0.717) is 47.2 Å². The van der Waals surface area contributed by atoms with Gasteiger partial charge in [-0.15, -0.1) is 22.7 Å². The van der Waals surface area contributed by atoms with Crippen LogP contribution in [0.5, 0.6) is 0 Å². The van der Waals surface area contributed by atoms with Gasteiger partial charge in [0.05, 0.1) is 52.8 Å². The van der Waals surface area contributed by atoms with Crippen LogP contribution in [0.4, 0.5) is 26.3 Å². The molecule has 0 fully saturated rings. The standard InChI is InChI=1S/C21H17F4NO2S.C20H18FNO2S.C14H10BrFO/c1-2-28-18(27)12-11-17-26-19(20(29-17)21(23,24)25)15-5-3-13(4-6-15)14-7-9-16(22)10-8-14;1-2-24-20(23)12-11-19-22-18(13-25-19)16-5-3-14(4-6-16)15-7-9-17(21)10-8-15;15-9-14(17)12-3-1-10(2-4-12)11-5-7-13(16)8-6-11/h3-10H,2,11-12H2,1H3;3-10,13H,2,11-12H2,1H3;1-8H,9H2. The molecular formula is C55H45BrF6N2O5S2. The SMILES string of the molecule is CCOC(=O)CCc1nc(-c2ccc(-c3ccc(F)cc3)cc2)c(C(F)(F)F)s1.CCOC(=O)CCc1nc(-c2ccc(-c3ccc(F)cc3)cc2)cs1.O=C(CBr)c1ccc(-c2ccc(F)cc2)cc1. The van der Waals surface area contributed by atoms with Crippen LogP contribution < -0.4 is 0 Å². The third kappa shape index (κ3) is 15.9. The monoisotopic (exact) mass is 1070 g/mol. The van der Waals surface area contributed by atoms with Gasteiger partial charge in [-0.25, -0.2) is 23.1 Å². The first-order valence-electron chi connectivity index (χ1n) is 22.1. The molecule has 16 heteroatoms. The molecule has 366 valence electrons. The average Bonchev–Trinajstić information content (AvgIpc) is 4.05. The fraction of sp³-hybridized carbons (Fsp3) is 0.182. The number of hydrogen-bond donors (Lipinski definition) is 0. The van der Waals surface area contributed by atoms with Gasteiger partial charge in [-0.1, -0.05) is 125 Å². The maximum Gasteiger partial charge on any atom is 0.427 e. The minimum atomic E-state index is -4.55. The van der Waals surface area contributed by atoms with Crippen LogP contribution in [0.1, 0.15) is 51.9 Å². The lowest BCUT2D eigenvalue weighted by atomic mass is 10.0. The van der Waals surface area contributed by atoms with Crippen LogP contribution >= 0.6 is 38.6 Å². The normalized spacial score (nSPS) is 10.9. The number of nitrogens with zero attached hydrogens (tertiary/aromatic N) is 2. The molecule has 0 aliphatic carbocycles. The Bertz CT molecular complexity index is 2980. The van der Waals surface area contributed by atoms with Crippen LogP contribution in [0.15, 0.2) is 151 Å². The molecule has 0 aliphatic heterocycles. The molecule has 7 nitrogen and oxygen atoms in total. The van der Waals surface area contributed by atoms with E-state index in [2.05, 4.69) is 25.9 Å². The van der Waals surface area contributed by atoms with Gasteiger partial charge in [-0.3, -0.25) is 14.4 Å². The van der Waals surface area contributed by atoms with Crippen molar-refractivity contribution < 1.29 is 50.2 Å². The van der Waals surface area contributed by atoms with E-state index < -0.39 is 17.0 Å². The van der Waals surface area contributed by atoms with Crippen molar-refractivity contribution in [2.45, 2.75) is 45.7 Å². The molecule has 2 heterocycles. The predicted octanol–water partition coefficient (Wildman–Crippen LogP) is 15.3. The van der Waals surface area contributed by atoms with Crippen molar-refractivity contribution in [1.82, 2.24) is 9.97 Å². The first-order chi connectivity index (χ1) is 34.1. The smallest absolute Gasteiger partial charge is 0.427 e. The third-order valence-corrected chi connectivity index (χ3v) is 13.0. The van der Waals surface area contributed by atoms with Crippen LogP contribution in [-0.2, 0) is 38.1 Å². The Balaban J connectivity index is 0.000000180. The second-order valence-corrected chi connectivity index (χ2v) is 17.9. The van der Waals surface area contributed by atoms with E-state index in [1.807, 2.05) is 41.8 Å². The van der Waals surface area contributed by atoms with E-state index in [0.717, 1.165) is 49.6 Å². The molecule has 6 aromatic carbocycles. The average molecular weight is 1070 g/mol. The van der Waals surface area contributed by atoms with E-state index in [-0.39, 0.29) is 59.4 Å². The molecule has 0 radical (unpaired) electrons. The number of benzene rings is 6. The number of aromatic nitrogens is 2. The van der Waals surface area contributed by atoms with Crippen molar-refractivity contribution >= 4 is 56.3 Å². The number of hydrogen-bond acceptors (Lipinski definition) is 9. The molecule has 71 heavy (non-hydrogen) atoms. The van der Waals surface area contributed by atoms with Crippen molar-refractivity contribution in [3.05, 3.63) is 189 Å². The zero-order valence-electron chi connectivity index (χ0n) is 38.3. The van der Waals surface area contributed by atoms with Crippen LogP contribution in [-0.4, -0.2) is 46.2 Å². The van der Waals surface area contributed by atoms with E-state index in [1.54, 1.807) is 98.0 Å². The topological polar surface area (TPSA) is 95.5 Å². The highest BCUT2D eigenvalue weighted by Crippen LogP contribution is 2.41. The third-order valence-electron chi connectivity index (χ3n) is 10.4. The van der Waals surface area contributed by atoms with E-state index in [1.165, 1.54) is 36.4 Å². The van der Waals surface area contributed by atoms with Gasteiger partial charge in [-0.2, -0.15) is 13.2 Å². The quantitative estimate of drug-likeness (QED) is 0.0437. The van der Waals surface area contributed by atoms with Gasteiger partial charge in [0.2, 0.25) is 0 Å². The van der Waals surface area contributed by atoms with Gasteiger partial charge >= 0.3 is 18.1 Å². The summed E-state index contributed by atoms with van der Waals surface area (Å²) in [6.45, 7) is 4.09. The largest absolute Gasteiger partial charge is 0.466 e. The lowest BCUT2D eigenvalue weighted by molar-refractivity contribution is -0.144. The second kappa shape index (κ2) is 25.9. The summed E-state index contributed by atoms with van der Waals surface area (Å²) in [6.07, 6.45) is -3.55. The predicted molar refractivity (Wildman–Crippen MR) is 271 cm³/mol. The van der Waals surface area contributed by atoms with Gasteiger partial charge < -0.3 is 9.47 Å². The Labute approximate surface area is 423 Å². The highest BCUT2D eigenvalue weighted by atomic mass is 79.9. The Morgan fingerprint density at radius 1 is 0.521 bits per heavy atom. The minimum absolute atomic E-state index is 0.0262. The number of carbonyl (C=O) groups excluding carboxylic acids is 3. The maximum absolute atomic E-state index is 13.5. The van der Waals surface area contributed by atoms with E-state index in [9.17, 15) is 40.7 Å². The van der Waals surface area contributed by atoms with E-state index >= 15 is 0 Å². The van der Waals surface area contributed by atoms with Crippen LogP contribution in [0.2, 0.25) is 0 Å². The number of thiazole rings is 2. The lowest BCUT2D eigenvalue weighted by Crippen LogP contribution is -2.04. The summed E-state index contributed by atoms with van der Waals surface area (Å²) in [5, 5.41) is 3.46. The summed E-state index contributed by atoms with van der Waals surface area (Å²) >= 11 is 5.22. The molecule has 0 saturated heterocycles. The number of esters is 2. The molecule has 8 rings (SSSR count). The Morgan fingerprint density at radius 3 is 1.28 bits per heavy atom. The van der Waals surface area contributed by atoms with Crippen LogP contribution in [0, 0.1) is 17.5 Å². The molecule has 0 N–H and O–H groups in total. The number of rotatable bonds is 15. The second-order valence-electron chi connectivity index (χ2n) is 15.3. The minimum Gasteiger partial charge on any atom is -0.466 e. The van der Waals surface area contributed by atoms with E-state index in [4.69, 9.17) is 9.47 Å². The van der Waals surface area contributed by atoms with Crippen molar-refractivity contribution in [2.24, 2.45) is 0 Å². The fourth-order valence-electron chi connectivity index (χ4n) is 6.81. The van der Waals surface area contributed by atoms with Crippen molar-refractivity contribution in [3.63, 3.8) is 0 Å². The molecule has 8 aromatic rings. The number of ketones is 1. The summed E-state index contributed by atoms with van der Waals surface area (Å²) in [4.78, 5) is 42.2. The zero-order chi connectivity index (χ0) is 50.9. The molecule has 0 atom stereocenters. The Kier molecular flexibility index (Phi) is 19.6. The molecule has 2 aromatic heterocycles. The van der Waals surface area contributed by atoms with Crippen molar-refractivity contribution in [1.29, 1.82) is 0 Å². The maximum atomic E-state index is 13.5. The number of ether oxygens (including phenoxy) is 2. The summed E-state index contributed by atoms with van der Waals surface area (Å²) in [5.41, 5.74) is 8.16. The Morgan fingerprint density at radius 2 is 0.887 bits per heavy atom. The molecule has 0 amide bonds. The van der Waals surface area contributed by atoms with Gasteiger partial charge in [0, 0.05) is 34.9 Å². The molecule has 0 unspecified atom stereocenters. The molecular weight excluding hydrogens is 1030 g/mol. The summed E-state index contributed by atoms with van der Waals surface area (Å²) < 4.78 is 89.1. The summed E-state index contributed by atoms with van der Waals surface area (Å²) in [6, 6.07) is 40.3. The fourth-order valence-corrected chi connectivity index (χ4v) is 8.89. The highest BCUT2D eigenvalue weighted by Gasteiger charge is 2.37. The molecule has 0 bridgehead atoms. The highest BCUT2D eigenvalue weighted by molar-refractivity contribution is 9.09. The first kappa shape index (κ1) is 53.6. The number of aryl methyl sites for hydroxylation is 2. The van der Waals surface area contributed by atoms with Crippen molar-refractivity contribution in [2.75, 3.05) is 18.5 Å². The first-order valence-corrected chi connectivity index (χ1v) is 25.0. The van der Waals surface area contributed by atoms with Gasteiger partial charge in [0.1, 0.15) is 22.3 Å². The number of halogens is 7.